The van der Waals surface area contributed by atoms with Crippen molar-refractivity contribution in [1.29, 1.82) is 0 Å². The minimum Gasteiger partial charge on any atom is -0.466 e. The van der Waals surface area contributed by atoms with Gasteiger partial charge in [-0.05, 0) is 31.3 Å². The van der Waals surface area contributed by atoms with Gasteiger partial charge in [-0.1, -0.05) is 0 Å². The number of H-pyrrole nitrogens is 1. The summed E-state index contributed by atoms with van der Waals surface area (Å²) < 4.78 is 7.25. The van der Waals surface area contributed by atoms with Gasteiger partial charge in [0, 0.05) is 12.7 Å². The SMILES string of the molecule is CCOC(=O)CCn1c(=S)[nH]c2cccnc21. The van der Waals surface area contributed by atoms with E-state index in [0.717, 1.165) is 11.2 Å². The minimum atomic E-state index is -0.223. The van der Waals surface area contributed by atoms with Crippen LogP contribution in [0.15, 0.2) is 18.3 Å². The van der Waals surface area contributed by atoms with Gasteiger partial charge in [-0.3, -0.25) is 4.79 Å². The average Bonchev–Trinajstić information content (AvgIpc) is 2.62. The smallest absolute Gasteiger partial charge is 0.307 e. The number of aromatic nitrogens is 3. The monoisotopic (exact) mass is 251 g/mol. The van der Waals surface area contributed by atoms with Crippen molar-refractivity contribution < 1.29 is 9.53 Å². The van der Waals surface area contributed by atoms with Crippen molar-refractivity contribution in [2.24, 2.45) is 0 Å². The molecule has 6 heteroatoms. The zero-order valence-electron chi connectivity index (χ0n) is 9.47. The highest BCUT2D eigenvalue weighted by Gasteiger charge is 2.07. The molecule has 2 aromatic rings. The zero-order valence-corrected chi connectivity index (χ0v) is 10.3. The maximum atomic E-state index is 11.3. The van der Waals surface area contributed by atoms with Crippen LogP contribution in [0.25, 0.3) is 11.2 Å². The number of hydrogen-bond acceptors (Lipinski definition) is 4. The van der Waals surface area contributed by atoms with Crippen LogP contribution in [0.2, 0.25) is 0 Å². The molecule has 17 heavy (non-hydrogen) atoms. The average molecular weight is 251 g/mol. The Labute approximate surface area is 103 Å². The number of rotatable bonds is 4. The molecule has 0 spiro atoms. The molecule has 0 saturated carbocycles. The van der Waals surface area contributed by atoms with Crippen molar-refractivity contribution in [3.05, 3.63) is 23.1 Å². The Hall–Kier alpha value is -1.69. The molecule has 2 rings (SSSR count). The largest absolute Gasteiger partial charge is 0.466 e. The van der Waals surface area contributed by atoms with Gasteiger partial charge in [0.2, 0.25) is 0 Å². The first-order chi connectivity index (χ1) is 8.22. The Kier molecular flexibility index (Phi) is 3.53. The number of pyridine rings is 1. The first-order valence-electron chi connectivity index (χ1n) is 5.41. The number of imidazole rings is 1. The number of aromatic amines is 1. The number of aryl methyl sites for hydroxylation is 1. The lowest BCUT2D eigenvalue weighted by molar-refractivity contribution is -0.143. The molecule has 1 N–H and O–H groups in total. The summed E-state index contributed by atoms with van der Waals surface area (Å²) in [5, 5.41) is 0. The summed E-state index contributed by atoms with van der Waals surface area (Å²) in [5.74, 6) is -0.223. The van der Waals surface area contributed by atoms with E-state index in [4.69, 9.17) is 17.0 Å². The van der Waals surface area contributed by atoms with Crippen LogP contribution in [0.1, 0.15) is 13.3 Å². The molecule has 2 aromatic heterocycles. The van der Waals surface area contributed by atoms with Crippen LogP contribution in [-0.2, 0) is 16.1 Å². The predicted molar refractivity (Wildman–Crippen MR) is 66.2 cm³/mol. The van der Waals surface area contributed by atoms with Crippen LogP contribution in [0.4, 0.5) is 0 Å². The molecular formula is C11H13N3O2S. The van der Waals surface area contributed by atoms with E-state index in [2.05, 4.69) is 9.97 Å². The molecule has 5 nitrogen and oxygen atoms in total. The van der Waals surface area contributed by atoms with Crippen molar-refractivity contribution in [3.8, 4) is 0 Å². The van der Waals surface area contributed by atoms with E-state index in [1.54, 1.807) is 13.1 Å². The Morgan fingerprint density at radius 1 is 1.65 bits per heavy atom. The quantitative estimate of drug-likeness (QED) is 0.667. The molecule has 0 fully saturated rings. The van der Waals surface area contributed by atoms with Crippen molar-refractivity contribution in [2.75, 3.05) is 6.61 Å². The van der Waals surface area contributed by atoms with Gasteiger partial charge in [-0.15, -0.1) is 0 Å². The van der Waals surface area contributed by atoms with Crippen LogP contribution >= 0.6 is 12.2 Å². The third kappa shape index (κ3) is 2.52. The maximum absolute atomic E-state index is 11.3. The van der Waals surface area contributed by atoms with Gasteiger partial charge in [-0.25, -0.2) is 4.98 Å². The van der Waals surface area contributed by atoms with Crippen molar-refractivity contribution in [1.82, 2.24) is 14.5 Å². The second-order valence-corrected chi connectivity index (χ2v) is 3.90. The van der Waals surface area contributed by atoms with E-state index in [-0.39, 0.29) is 5.97 Å². The van der Waals surface area contributed by atoms with E-state index in [9.17, 15) is 4.79 Å². The molecular weight excluding hydrogens is 238 g/mol. The molecule has 0 bridgehead atoms. The molecule has 0 saturated heterocycles. The number of esters is 1. The van der Waals surface area contributed by atoms with Crippen LogP contribution in [0.5, 0.6) is 0 Å². The van der Waals surface area contributed by atoms with E-state index in [1.165, 1.54) is 0 Å². The third-order valence-electron chi connectivity index (χ3n) is 2.37. The highest BCUT2D eigenvalue weighted by atomic mass is 32.1. The standard InChI is InChI=1S/C11H13N3O2S/c1-2-16-9(15)5-7-14-10-8(13-11(14)17)4-3-6-12-10/h3-4,6H,2,5,7H2,1H3,(H,13,17). The lowest BCUT2D eigenvalue weighted by atomic mass is 10.4. The topological polar surface area (TPSA) is 59.9 Å². The van der Waals surface area contributed by atoms with Gasteiger partial charge in [-0.2, -0.15) is 0 Å². The number of nitrogens with one attached hydrogen (secondary N) is 1. The number of carbonyl (C=O) groups excluding carboxylic acids is 1. The number of carbonyl (C=O) groups is 1. The Balaban J connectivity index is 2.21. The van der Waals surface area contributed by atoms with Crippen LogP contribution < -0.4 is 0 Å². The van der Waals surface area contributed by atoms with Gasteiger partial charge in [0.25, 0.3) is 0 Å². The minimum absolute atomic E-state index is 0.223. The fraction of sp³-hybridized carbons (Fsp3) is 0.364. The fourth-order valence-electron chi connectivity index (χ4n) is 1.63. The van der Waals surface area contributed by atoms with Gasteiger partial charge >= 0.3 is 5.97 Å². The summed E-state index contributed by atoms with van der Waals surface area (Å²) in [7, 11) is 0. The highest BCUT2D eigenvalue weighted by Crippen LogP contribution is 2.11. The summed E-state index contributed by atoms with van der Waals surface area (Å²) in [6.45, 7) is 2.67. The van der Waals surface area contributed by atoms with Gasteiger partial charge in [0.1, 0.15) is 0 Å². The molecule has 0 aliphatic carbocycles. The zero-order chi connectivity index (χ0) is 12.3. The molecule has 0 aliphatic heterocycles. The van der Waals surface area contributed by atoms with E-state index in [0.29, 0.717) is 24.3 Å². The maximum Gasteiger partial charge on any atom is 0.307 e. The molecule has 0 atom stereocenters. The molecule has 90 valence electrons. The third-order valence-corrected chi connectivity index (χ3v) is 2.70. The highest BCUT2D eigenvalue weighted by molar-refractivity contribution is 7.71. The van der Waals surface area contributed by atoms with E-state index in [1.807, 2.05) is 16.7 Å². The molecule has 0 radical (unpaired) electrons. The van der Waals surface area contributed by atoms with Gasteiger partial charge in [0.05, 0.1) is 18.5 Å². The fourth-order valence-corrected chi connectivity index (χ4v) is 1.92. The number of hydrogen-bond donors (Lipinski definition) is 1. The molecule has 0 unspecified atom stereocenters. The van der Waals surface area contributed by atoms with Gasteiger partial charge in [0.15, 0.2) is 10.4 Å². The lowest BCUT2D eigenvalue weighted by Crippen LogP contribution is -2.09. The Morgan fingerprint density at radius 3 is 3.24 bits per heavy atom. The van der Waals surface area contributed by atoms with E-state index >= 15 is 0 Å². The van der Waals surface area contributed by atoms with Crippen molar-refractivity contribution in [2.45, 2.75) is 19.9 Å². The number of ether oxygens (including phenoxy) is 1. The predicted octanol–water partition coefficient (Wildman–Crippen LogP) is 2.05. The second-order valence-electron chi connectivity index (χ2n) is 3.51. The summed E-state index contributed by atoms with van der Waals surface area (Å²) in [5.41, 5.74) is 1.64. The molecule has 0 amide bonds. The van der Waals surface area contributed by atoms with Crippen LogP contribution in [0, 0.1) is 4.77 Å². The van der Waals surface area contributed by atoms with Gasteiger partial charge < -0.3 is 14.3 Å². The number of nitrogens with zero attached hydrogens (tertiary/aromatic N) is 2. The van der Waals surface area contributed by atoms with Crippen molar-refractivity contribution in [3.63, 3.8) is 0 Å². The van der Waals surface area contributed by atoms with Crippen molar-refractivity contribution >= 4 is 29.4 Å². The first-order valence-corrected chi connectivity index (χ1v) is 5.82. The summed E-state index contributed by atoms with van der Waals surface area (Å²) in [6.07, 6.45) is 2.00. The summed E-state index contributed by atoms with van der Waals surface area (Å²) in [6, 6.07) is 3.74. The summed E-state index contributed by atoms with van der Waals surface area (Å²) in [4.78, 5) is 18.6. The summed E-state index contributed by atoms with van der Waals surface area (Å²) >= 11 is 5.18. The molecule has 0 aromatic carbocycles. The Bertz CT molecular complexity index is 588. The second kappa shape index (κ2) is 5.09. The van der Waals surface area contributed by atoms with Crippen LogP contribution in [0.3, 0.4) is 0 Å². The Morgan fingerprint density at radius 2 is 2.47 bits per heavy atom. The first kappa shape index (κ1) is 11.8. The number of fused-ring (bicyclic) bond motifs is 1. The van der Waals surface area contributed by atoms with Crippen LogP contribution in [-0.4, -0.2) is 27.1 Å². The normalized spacial score (nSPS) is 10.6. The molecule has 2 heterocycles. The lowest BCUT2D eigenvalue weighted by Gasteiger charge is -2.03. The van der Waals surface area contributed by atoms with E-state index < -0.39 is 0 Å². The molecule has 0 aliphatic rings.